The van der Waals surface area contributed by atoms with Crippen LogP contribution in [0.2, 0.25) is 5.02 Å². The summed E-state index contributed by atoms with van der Waals surface area (Å²) in [5, 5.41) is 0.264. The molecule has 2 aromatic carbocycles. The van der Waals surface area contributed by atoms with Crippen LogP contribution < -0.4 is 0 Å². The third-order valence-corrected chi connectivity index (χ3v) is 4.53. The van der Waals surface area contributed by atoms with Crippen LogP contribution in [0.3, 0.4) is 0 Å². The van der Waals surface area contributed by atoms with Gasteiger partial charge >= 0.3 is 13.6 Å². The van der Waals surface area contributed by atoms with Gasteiger partial charge in [0.1, 0.15) is 0 Å². The molecule has 0 aliphatic heterocycles. The fourth-order valence-electron chi connectivity index (χ4n) is 2.00. The fraction of sp³-hybridized carbons (Fsp3) is 0.235. The fourth-order valence-corrected chi connectivity index (χ4v) is 3.27. The molecule has 6 heteroatoms. The molecule has 0 amide bonds. The monoisotopic (exact) mass is 351 g/mol. The van der Waals surface area contributed by atoms with Gasteiger partial charge in [-0.2, -0.15) is 0 Å². The highest BCUT2D eigenvalue weighted by molar-refractivity contribution is 7.60. The number of carbonyl (C=O) groups is 1. The molecule has 0 aromatic heterocycles. The molecule has 0 radical (unpaired) electrons. The van der Waals surface area contributed by atoms with Crippen LogP contribution >= 0.6 is 19.6 Å². The predicted octanol–water partition coefficient (Wildman–Crippen LogP) is 5.11. The summed E-state index contributed by atoms with van der Waals surface area (Å²) in [4.78, 5) is 12.2. The molecular formula is C17H17ClO4P+. The second-order valence-electron chi connectivity index (χ2n) is 4.96. The van der Waals surface area contributed by atoms with Crippen LogP contribution in [0.1, 0.15) is 28.4 Å². The summed E-state index contributed by atoms with van der Waals surface area (Å²) in [6.07, 6.45) is -0.773. The molecule has 2 rings (SSSR count). The van der Waals surface area contributed by atoms with Gasteiger partial charge in [0.25, 0.3) is 0 Å². The smallest absolute Gasteiger partial charge is 0.344 e. The minimum absolute atomic E-state index is 0.227. The molecule has 2 atom stereocenters. The molecule has 0 saturated heterocycles. The number of benzene rings is 2. The molecule has 0 aliphatic rings. The number of ether oxygens (including phenoxy) is 1. The van der Waals surface area contributed by atoms with E-state index in [0.29, 0.717) is 12.2 Å². The molecule has 0 spiro atoms. The van der Waals surface area contributed by atoms with E-state index in [9.17, 15) is 9.36 Å². The Hall–Kier alpha value is -1.58. The molecular weight excluding hydrogens is 335 g/mol. The van der Waals surface area contributed by atoms with Gasteiger partial charge in [0, 0.05) is 0 Å². The van der Waals surface area contributed by atoms with Gasteiger partial charge in [0.05, 0.1) is 17.2 Å². The normalized spacial score (nSPS) is 12.7. The minimum atomic E-state index is -2.57. The summed E-state index contributed by atoms with van der Waals surface area (Å²) >= 11 is 6.01. The van der Waals surface area contributed by atoms with Crippen LogP contribution in [0.15, 0.2) is 48.5 Å². The van der Waals surface area contributed by atoms with E-state index in [0.717, 1.165) is 5.56 Å². The van der Waals surface area contributed by atoms with Crippen molar-refractivity contribution >= 4 is 25.2 Å². The first kappa shape index (κ1) is 17.8. The second-order valence-corrected chi connectivity index (χ2v) is 6.50. The molecule has 0 bridgehead atoms. The Labute approximate surface area is 141 Å². The Morgan fingerprint density at radius 2 is 1.87 bits per heavy atom. The molecule has 0 fully saturated rings. The zero-order valence-electron chi connectivity index (χ0n) is 12.9. The first-order valence-corrected chi connectivity index (χ1v) is 8.63. The van der Waals surface area contributed by atoms with E-state index in [1.807, 2.05) is 30.3 Å². The first-order chi connectivity index (χ1) is 11.0. The van der Waals surface area contributed by atoms with Gasteiger partial charge in [-0.3, -0.25) is 0 Å². The van der Waals surface area contributed by atoms with Crippen LogP contribution in [0.25, 0.3) is 0 Å². The lowest BCUT2D eigenvalue weighted by Crippen LogP contribution is -2.11. The van der Waals surface area contributed by atoms with Gasteiger partial charge in [-0.05, 0) is 35.6 Å². The maximum atomic E-state index is 12.2. The van der Waals surface area contributed by atoms with E-state index < -0.39 is 19.8 Å². The van der Waals surface area contributed by atoms with E-state index >= 15 is 0 Å². The van der Waals surface area contributed by atoms with Gasteiger partial charge in [-0.25, -0.2) is 4.79 Å². The number of hydrogen-bond acceptors (Lipinski definition) is 4. The number of aryl methyl sites for hydroxylation is 1. The average molecular weight is 352 g/mol. The van der Waals surface area contributed by atoms with Crippen LogP contribution in [-0.2, 0) is 20.4 Å². The lowest BCUT2D eigenvalue weighted by atomic mass is 10.1. The van der Waals surface area contributed by atoms with Crippen LogP contribution in [0, 0.1) is 6.92 Å². The van der Waals surface area contributed by atoms with Gasteiger partial charge in [0.2, 0.25) is 6.29 Å². The van der Waals surface area contributed by atoms with E-state index in [1.54, 1.807) is 32.0 Å². The number of carbonyl (C=O) groups excluding carboxylic acids is 1. The molecule has 0 heterocycles. The van der Waals surface area contributed by atoms with Crippen molar-refractivity contribution in [3.05, 3.63) is 70.2 Å². The summed E-state index contributed by atoms with van der Waals surface area (Å²) in [7, 11) is -2.57. The van der Waals surface area contributed by atoms with Gasteiger partial charge in [-0.1, -0.05) is 54.1 Å². The summed E-state index contributed by atoms with van der Waals surface area (Å²) in [5.41, 5.74) is 1.22. The molecule has 23 heavy (non-hydrogen) atoms. The quantitative estimate of drug-likeness (QED) is 0.513. The van der Waals surface area contributed by atoms with Crippen molar-refractivity contribution in [3.8, 4) is 0 Å². The molecule has 2 aromatic rings. The topological polar surface area (TPSA) is 52.6 Å². The molecule has 0 aliphatic carbocycles. The zero-order valence-corrected chi connectivity index (χ0v) is 14.5. The molecule has 0 N–H and O–H groups in total. The summed E-state index contributed by atoms with van der Waals surface area (Å²) in [5.74, 6) is 0. The lowest BCUT2D eigenvalue weighted by molar-refractivity contribution is -0.0711. The van der Waals surface area contributed by atoms with E-state index in [-0.39, 0.29) is 10.6 Å². The van der Waals surface area contributed by atoms with Crippen molar-refractivity contribution in [1.82, 2.24) is 0 Å². The number of rotatable bonds is 7. The third-order valence-electron chi connectivity index (χ3n) is 3.17. The maximum absolute atomic E-state index is 12.2. The van der Waals surface area contributed by atoms with Crippen molar-refractivity contribution in [2.75, 3.05) is 0 Å². The highest BCUT2D eigenvalue weighted by Crippen LogP contribution is 2.34. The van der Waals surface area contributed by atoms with Crippen LogP contribution in [-0.4, -0.2) is 11.8 Å². The highest BCUT2D eigenvalue weighted by atomic mass is 35.5. The lowest BCUT2D eigenvalue weighted by Gasteiger charge is -2.07. The number of halogens is 1. The average Bonchev–Trinajstić information content (AvgIpc) is 2.53. The molecule has 4 nitrogen and oxygen atoms in total. The Balaban J connectivity index is 1.94. The van der Waals surface area contributed by atoms with Crippen molar-refractivity contribution in [2.24, 2.45) is 0 Å². The highest BCUT2D eigenvalue weighted by Gasteiger charge is 2.37. The Morgan fingerprint density at radius 3 is 2.52 bits per heavy atom. The minimum Gasteiger partial charge on any atom is -0.344 e. The maximum Gasteiger partial charge on any atom is 0.595 e. The van der Waals surface area contributed by atoms with Crippen LogP contribution in [0.5, 0.6) is 0 Å². The van der Waals surface area contributed by atoms with E-state index in [1.165, 1.54) is 0 Å². The Kier molecular flexibility index (Phi) is 6.43. The molecule has 0 saturated carbocycles. The van der Waals surface area contributed by atoms with Crippen molar-refractivity contribution < 1.29 is 18.6 Å². The third kappa shape index (κ3) is 4.95. The molecule has 2 unspecified atom stereocenters. The molecule has 120 valence electrons. The second kappa shape index (κ2) is 8.32. The SMILES string of the molecule is Cc1cccc(Cl)c1C(=O)[P+](=O)OC(C)OCc1ccccc1. The van der Waals surface area contributed by atoms with E-state index in [4.69, 9.17) is 20.9 Å². The summed E-state index contributed by atoms with van der Waals surface area (Å²) < 4.78 is 22.7. The van der Waals surface area contributed by atoms with Gasteiger partial charge < -0.3 is 4.74 Å². The number of hydrogen-bond donors (Lipinski definition) is 0. The van der Waals surface area contributed by atoms with E-state index in [2.05, 4.69) is 0 Å². The van der Waals surface area contributed by atoms with Gasteiger partial charge in [0.15, 0.2) is 0 Å². The van der Waals surface area contributed by atoms with Crippen molar-refractivity contribution in [3.63, 3.8) is 0 Å². The Morgan fingerprint density at radius 1 is 1.17 bits per heavy atom. The largest absolute Gasteiger partial charge is 0.595 e. The first-order valence-electron chi connectivity index (χ1n) is 7.08. The Bertz CT molecular complexity index is 683. The summed E-state index contributed by atoms with van der Waals surface area (Å²) in [6.45, 7) is 3.64. The van der Waals surface area contributed by atoms with Crippen molar-refractivity contribution in [2.45, 2.75) is 26.7 Å². The van der Waals surface area contributed by atoms with Gasteiger partial charge in [-0.15, -0.1) is 4.52 Å². The zero-order chi connectivity index (χ0) is 16.8. The summed E-state index contributed by atoms with van der Waals surface area (Å²) in [6, 6.07) is 14.6. The standard InChI is InChI=1S/C17H17ClO4P/c1-12-7-6-10-15(18)16(12)17(19)23(20)22-13(2)21-11-14-8-4-3-5-9-14/h3-10,13H,11H2,1-2H3/q+1. The predicted molar refractivity (Wildman–Crippen MR) is 89.9 cm³/mol. The van der Waals surface area contributed by atoms with Crippen molar-refractivity contribution in [1.29, 1.82) is 0 Å². The van der Waals surface area contributed by atoms with Crippen LogP contribution in [0.4, 0.5) is 0 Å².